The minimum atomic E-state index is 0.750. The summed E-state index contributed by atoms with van der Waals surface area (Å²) in [6, 6.07) is 10.5. The molecule has 0 radical (unpaired) electrons. The lowest BCUT2D eigenvalue weighted by Crippen LogP contribution is -2.04. The molecule has 1 nitrogen and oxygen atoms in total. The first kappa shape index (κ1) is 14.2. The van der Waals surface area contributed by atoms with E-state index in [-0.39, 0.29) is 0 Å². The molecule has 1 aromatic rings. The van der Waals surface area contributed by atoms with Gasteiger partial charge in [0.25, 0.3) is 0 Å². The van der Waals surface area contributed by atoms with Crippen molar-refractivity contribution in [2.24, 2.45) is 0 Å². The summed E-state index contributed by atoms with van der Waals surface area (Å²) in [6.07, 6.45) is 6.68. The summed E-state index contributed by atoms with van der Waals surface area (Å²) in [5.74, 6) is 0. The SMILES string of the molecule is CCCCCC(=S)OCCCc1ccccc1. The minimum Gasteiger partial charge on any atom is -0.487 e. The van der Waals surface area contributed by atoms with Crippen molar-refractivity contribution < 1.29 is 4.74 Å². The zero-order chi connectivity index (χ0) is 12.3. The van der Waals surface area contributed by atoms with Gasteiger partial charge in [0.1, 0.15) is 0 Å². The van der Waals surface area contributed by atoms with E-state index in [9.17, 15) is 0 Å². The second-order valence-corrected chi connectivity index (χ2v) is 4.72. The maximum Gasteiger partial charge on any atom is 0.159 e. The number of benzene rings is 1. The number of rotatable bonds is 8. The van der Waals surface area contributed by atoms with E-state index in [1.165, 1.54) is 18.4 Å². The summed E-state index contributed by atoms with van der Waals surface area (Å²) < 4.78 is 5.54. The van der Waals surface area contributed by atoms with Crippen molar-refractivity contribution in [2.45, 2.75) is 45.4 Å². The molecule has 1 rings (SSSR count). The molecule has 0 heterocycles. The molecular formula is C15H22OS. The van der Waals surface area contributed by atoms with E-state index in [1.54, 1.807) is 0 Å². The maximum absolute atomic E-state index is 5.54. The van der Waals surface area contributed by atoms with Crippen molar-refractivity contribution in [2.75, 3.05) is 6.61 Å². The van der Waals surface area contributed by atoms with Crippen LogP contribution in [0.4, 0.5) is 0 Å². The van der Waals surface area contributed by atoms with Crippen molar-refractivity contribution in [3.05, 3.63) is 35.9 Å². The van der Waals surface area contributed by atoms with Crippen LogP contribution < -0.4 is 0 Å². The van der Waals surface area contributed by atoms with Crippen LogP contribution in [0.25, 0.3) is 0 Å². The standard InChI is InChI=1S/C15H22OS/c1-2-3-5-12-15(17)16-13-8-11-14-9-6-4-7-10-14/h4,6-7,9-10H,2-3,5,8,11-13H2,1H3. The van der Waals surface area contributed by atoms with Gasteiger partial charge in [0.2, 0.25) is 0 Å². The molecule has 0 atom stereocenters. The van der Waals surface area contributed by atoms with Crippen LogP contribution in [0.3, 0.4) is 0 Å². The molecule has 2 heteroatoms. The Bertz CT molecular complexity index is 308. The molecule has 1 aromatic carbocycles. The van der Waals surface area contributed by atoms with Gasteiger partial charge in [-0.2, -0.15) is 0 Å². The van der Waals surface area contributed by atoms with Gasteiger partial charge in [-0.05, 0) is 37.0 Å². The highest BCUT2D eigenvalue weighted by Crippen LogP contribution is 2.05. The Balaban J connectivity index is 2.02. The average molecular weight is 250 g/mol. The predicted molar refractivity (Wildman–Crippen MR) is 77.5 cm³/mol. The van der Waals surface area contributed by atoms with Gasteiger partial charge in [-0.3, -0.25) is 0 Å². The molecule has 17 heavy (non-hydrogen) atoms. The Hall–Kier alpha value is -0.890. The molecule has 0 saturated heterocycles. The molecule has 0 unspecified atom stereocenters. The number of hydrogen-bond donors (Lipinski definition) is 0. The molecule has 0 aliphatic rings. The fourth-order valence-electron chi connectivity index (χ4n) is 1.70. The summed E-state index contributed by atoms with van der Waals surface area (Å²) in [4.78, 5) is 0. The average Bonchev–Trinajstić information content (AvgIpc) is 2.36. The van der Waals surface area contributed by atoms with Crippen molar-refractivity contribution in [1.29, 1.82) is 0 Å². The lowest BCUT2D eigenvalue weighted by atomic mass is 10.1. The third kappa shape index (κ3) is 7.11. The Morgan fingerprint density at radius 1 is 1.12 bits per heavy atom. The van der Waals surface area contributed by atoms with E-state index in [2.05, 4.69) is 31.2 Å². The zero-order valence-corrected chi connectivity index (χ0v) is 11.5. The Labute approximate surface area is 110 Å². The molecule has 0 amide bonds. The van der Waals surface area contributed by atoms with Gasteiger partial charge >= 0.3 is 0 Å². The van der Waals surface area contributed by atoms with Crippen LogP contribution in [-0.4, -0.2) is 11.7 Å². The lowest BCUT2D eigenvalue weighted by Gasteiger charge is -2.07. The van der Waals surface area contributed by atoms with Crippen LogP contribution in [0.5, 0.6) is 0 Å². The van der Waals surface area contributed by atoms with Crippen molar-refractivity contribution in [3.63, 3.8) is 0 Å². The number of aryl methyl sites for hydroxylation is 1. The summed E-state index contributed by atoms with van der Waals surface area (Å²) in [5.41, 5.74) is 1.37. The van der Waals surface area contributed by atoms with E-state index in [0.29, 0.717) is 0 Å². The smallest absolute Gasteiger partial charge is 0.159 e. The second-order valence-electron chi connectivity index (χ2n) is 4.27. The maximum atomic E-state index is 5.54. The number of unbranched alkanes of at least 4 members (excludes halogenated alkanes) is 2. The summed E-state index contributed by atoms with van der Waals surface area (Å²) >= 11 is 5.18. The zero-order valence-electron chi connectivity index (χ0n) is 10.7. The Kier molecular flexibility index (Phi) is 7.65. The van der Waals surface area contributed by atoms with Crippen molar-refractivity contribution >= 4 is 17.3 Å². The molecule has 94 valence electrons. The normalized spacial score (nSPS) is 10.2. The fourth-order valence-corrected chi connectivity index (χ4v) is 1.93. The second kappa shape index (κ2) is 9.17. The molecule has 0 spiro atoms. The molecule has 0 saturated carbocycles. The van der Waals surface area contributed by atoms with E-state index >= 15 is 0 Å². The fraction of sp³-hybridized carbons (Fsp3) is 0.533. The van der Waals surface area contributed by atoms with E-state index in [1.807, 2.05) is 6.07 Å². The van der Waals surface area contributed by atoms with Gasteiger partial charge in [-0.25, -0.2) is 0 Å². The van der Waals surface area contributed by atoms with Crippen molar-refractivity contribution in [3.8, 4) is 0 Å². The van der Waals surface area contributed by atoms with Crippen LogP contribution >= 0.6 is 12.2 Å². The summed E-state index contributed by atoms with van der Waals surface area (Å²) in [6.45, 7) is 2.95. The minimum absolute atomic E-state index is 0.750. The molecule has 0 aliphatic carbocycles. The van der Waals surface area contributed by atoms with E-state index in [0.717, 1.165) is 37.3 Å². The van der Waals surface area contributed by atoms with Gasteiger partial charge in [-0.1, -0.05) is 50.1 Å². The third-order valence-corrected chi connectivity index (χ3v) is 3.02. The van der Waals surface area contributed by atoms with Gasteiger partial charge in [0.05, 0.1) is 6.61 Å². The van der Waals surface area contributed by atoms with Crippen LogP contribution in [-0.2, 0) is 11.2 Å². The molecule has 0 aliphatic heterocycles. The van der Waals surface area contributed by atoms with Gasteiger partial charge in [-0.15, -0.1) is 0 Å². The lowest BCUT2D eigenvalue weighted by molar-refractivity contribution is 0.297. The highest BCUT2D eigenvalue weighted by Gasteiger charge is 1.98. The number of thiocarbonyl (C=S) groups is 1. The van der Waals surface area contributed by atoms with Crippen LogP contribution in [0, 0.1) is 0 Å². The molecule has 0 aromatic heterocycles. The first-order valence-corrected chi connectivity index (χ1v) is 6.93. The molecule has 0 fully saturated rings. The first-order chi connectivity index (χ1) is 8.33. The quantitative estimate of drug-likeness (QED) is 0.494. The van der Waals surface area contributed by atoms with E-state index in [4.69, 9.17) is 17.0 Å². The molecule has 0 bridgehead atoms. The summed E-state index contributed by atoms with van der Waals surface area (Å²) in [5, 5.41) is 0.784. The monoisotopic (exact) mass is 250 g/mol. The number of ether oxygens (including phenoxy) is 1. The van der Waals surface area contributed by atoms with Crippen molar-refractivity contribution in [1.82, 2.24) is 0 Å². The molecule has 0 N–H and O–H groups in total. The highest BCUT2D eigenvalue weighted by molar-refractivity contribution is 7.80. The number of hydrogen-bond acceptors (Lipinski definition) is 2. The first-order valence-electron chi connectivity index (χ1n) is 6.52. The van der Waals surface area contributed by atoms with Gasteiger partial charge in [0, 0.05) is 6.42 Å². The molecular weight excluding hydrogens is 228 g/mol. The third-order valence-electron chi connectivity index (χ3n) is 2.70. The summed E-state index contributed by atoms with van der Waals surface area (Å²) in [7, 11) is 0. The topological polar surface area (TPSA) is 9.23 Å². The van der Waals surface area contributed by atoms with Gasteiger partial charge < -0.3 is 4.74 Å². The van der Waals surface area contributed by atoms with Gasteiger partial charge in [0.15, 0.2) is 5.05 Å². The Morgan fingerprint density at radius 3 is 2.59 bits per heavy atom. The van der Waals surface area contributed by atoms with E-state index < -0.39 is 0 Å². The largest absolute Gasteiger partial charge is 0.487 e. The predicted octanol–water partition coefficient (Wildman–Crippen LogP) is 4.54. The van der Waals surface area contributed by atoms with Crippen LogP contribution in [0.2, 0.25) is 0 Å². The van der Waals surface area contributed by atoms with Crippen LogP contribution in [0.15, 0.2) is 30.3 Å². The highest BCUT2D eigenvalue weighted by atomic mass is 32.1. The van der Waals surface area contributed by atoms with Crippen LogP contribution in [0.1, 0.15) is 44.6 Å². The Morgan fingerprint density at radius 2 is 1.88 bits per heavy atom.